The lowest BCUT2D eigenvalue weighted by molar-refractivity contribution is -0.141. The Morgan fingerprint density at radius 3 is 2.60 bits per heavy atom. The third-order valence-corrected chi connectivity index (χ3v) is 11.3. The molecule has 5 atom stereocenters. The van der Waals surface area contributed by atoms with Gasteiger partial charge in [0.25, 0.3) is 0 Å². The van der Waals surface area contributed by atoms with Crippen LogP contribution >= 0.6 is 23.4 Å². The average molecular weight is 749 g/mol. The Balaban J connectivity index is 1.60. The zero-order valence-corrected chi connectivity index (χ0v) is 31.3. The lowest BCUT2D eigenvalue weighted by Gasteiger charge is -2.31. The number of carbonyl (C=O) groups excluding carboxylic acids is 3. The number of carbonyl (C=O) groups is 3. The first-order chi connectivity index (χ1) is 25.1. The Labute approximate surface area is 313 Å². The van der Waals surface area contributed by atoms with Gasteiger partial charge in [0.1, 0.15) is 17.1 Å². The fourth-order valence-electron chi connectivity index (χ4n) is 6.38. The zero-order valence-electron chi connectivity index (χ0n) is 29.7. The number of rotatable bonds is 9. The molecule has 0 fully saturated rings. The van der Waals surface area contributed by atoms with Crippen LogP contribution in [0.15, 0.2) is 70.8 Å². The van der Waals surface area contributed by atoms with Crippen LogP contribution in [0.2, 0.25) is 5.02 Å². The lowest BCUT2D eigenvalue weighted by atomic mass is 9.96. The third kappa shape index (κ3) is 9.12. The largest absolute Gasteiger partial charge is 0.361 e. The molecule has 52 heavy (non-hydrogen) atoms. The molecule has 0 saturated carbocycles. The highest BCUT2D eigenvalue weighted by Gasteiger charge is 2.34. The van der Waals surface area contributed by atoms with Gasteiger partial charge in [0, 0.05) is 67.2 Å². The van der Waals surface area contributed by atoms with Gasteiger partial charge in [-0.2, -0.15) is 0 Å². The van der Waals surface area contributed by atoms with Gasteiger partial charge >= 0.3 is 0 Å². The third-order valence-electron chi connectivity index (χ3n) is 9.65. The molecule has 278 valence electrons. The summed E-state index contributed by atoms with van der Waals surface area (Å²) < 4.78 is 0. The van der Waals surface area contributed by atoms with Crippen molar-refractivity contribution < 1.29 is 14.4 Å². The number of hydrogen-bond donors (Lipinski definition) is 8. The Morgan fingerprint density at radius 2 is 1.85 bits per heavy atom. The van der Waals surface area contributed by atoms with Crippen LogP contribution in [0.25, 0.3) is 10.9 Å². The molecule has 1 aliphatic heterocycles. The molecule has 0 radical (unpaired) electrons. The number of nitrogens with one attached hydrogen (secondary N) is 5. The van der Waals surface area contributed by atoms with E-state index in [1.807, 2.05) is 61.7 Å². The molecule has 0 aliphatic carbocycles. The second kappa shape index (κ2) is 18.1. The number of benzene rings is 2. The van der Waals surface area contributed by atoms with E-state index < -0.39 is 24.0 Å². The zero-order chi connectivity index (χ0) is 37.4. The fourth-order valence-corrected chi connectivity index (χ4v) is 7.74. The van der Waals surface area contributed by atoms with Gasteiger partial charge < -0.3 is 48.4 Å². The number of hydrogen-bond acceptors (Lipinski definition) is 10. The van der Waals surface area contributed by atoms with Crippen LogP contribution in [-0.4, -0.2) is 84.1 Å². The molecular weight excluding hydrogens is 700 g/mol. The number of halogens is 1. The molecule has 13 nitrogen and oxygen atoms in total. The molecule has 4 aromatic rings. The summed E-state index contributed by atoms with van der Waals surface area (Å²) in [5, 5.41) is 14.5. The molecule has 0 spiro atoms. The van der Waals surface area contributed by atoms with Gasteiger partial charge in [-0.25, -0.2) is 4.98 Å². The SMILES string of the molecule is CNC(N)[C@H](C)c1cc(Cl)c2c(c1)CNC(=O)[C@H](Cc1c[nH]c3ccccc13)N(C)C(=O)[C@H](CN)NC(=O)[C@H](CCCN)NCc1cccnc1S2. The molecule has 0 bridgehead atoms. The number of para-hydroxylation sites is 1. The maximum Gasteiger partial charge on any atom is 0.246 e. The molecule has 3 heterocycles. The first-order valence-corrected chi connectivity index (χ1v) is 18.7. The first kappa shape index (κ1) is 39.2. The van der Waals surface area contributed by atoms with Crippen LogP contribution in [0.1, 0.15) is 47.9 Å². The molecule has 1 unspecified atom stereocenters. The normalized spacial score (nSPS) is 20.4. The topological polar surface area (TPSA) is 209 Å². The van der Waals surface area contributed by atoms with E-state index in [1.54, 1.807) is 20.3 Å². The average Bonchev–Trinajstić information content (AvgIpc) is 3.57. The second-order valence-corrected chi connectivity index (χ2v) is 14.5. The summed E-state index contributed by atoms with van der Waals surface area (Å²) in [6.07, 6.45) is 4.44. The van der Waals surface area contributed by atoms with Crippen molar-refractivity contribution in [3.05, 3.63) is 88.2 Å². The summed E-state index contributed by atoms with van der Waals surface area (Å²) in [6, 6.07) is 12.7. The summed E-state index contributed by atoms with van der Waals surface area (Å²) in [5.74, 6) is -1.36. The van der Waals surface area contributed by atoms with E-state index in [2.05, 4.69) is 31.2 Å². The minimum absolute atomic E-state index is 0.103. The minimum Gasteiger partial charge on any atom is -0.361 e. The molecule has 11 N–H and O–H groups in total. The number of nitrogens with zero attached hydrogens (tertiary/aromatic N) is 2. The number of aromatic nitrogens is 2. The summed E-state index contributed by atoms with van der Waals surface area (Å²) in [5.41, 5.74) is 22.6. The molecule has 3 amide bonds. The summed E-state index contributed by atoms with van der Waals surface area (Å²) in [4.78, 5) is 52.2. The van der Waals surface area contributed by atoms with Crippen LogP contribution in [-0.2, 0) is 33.9 Å². The summed E-state index contributed by atoms with van der Waals surface area (Å²) in [6.45, 7) is 2.66. The Kier molecular flexibility index (Phi) is 13.7. The molecular formula is C37H49ClN10O3S. The van der Waals surface area contributed by atoms with E-state index in [0.29, 0.717) is 36.0 Å². The van der Waals surface area contributed by atoms with Crippen molar-refractivity contribution in [2.24, 2.45) is 17.2 Å². The van der Waals surface area contributed by atoms with Gasteiger partial charge in [-0.1, -0.05) is 60.6 Å². The highest BCUT2D eigenvalue weighted by molar-refractivity contribution is 7.99. The lowest BCUT2D eigenvalue weighted by Crippen LogP contribution is -2.59. The molecule has 15 heteroatoms. The van der Waals surface area contributed by atoms with Gasteiger partial charge in [0.15, 0.2) is 0 Å². The number of nitrogens with two attached hydrogens (primary N) is 3. The van der Waals surface area contributed by atoms with Crippen molar-refractivity contribution in [2.45, 2.75) is 79.4 Å². The summed E-state index contributed by atoms with van der Waals surface area (Å²) in [7, 11) is 3.36. The number of fused-ring (bicyclic) bond motifs is 3. The Hall–Kier alpha value is -4.02. The van der Waals surface area contributed by atoms with Crippen molar-refractivity contribution in [3.63, 3.8) is 0 Å². The van der Waals surface area contributed by atoms with Crippen molar-refractivity contribution in [1.29, 1.82) is 0 Å². The van der Waals surface area contributed by atoms with Crippen molar-refractivity contribution in [2.75, 3.05) is 27.2 Å². The van der Waals surface area contributed by atoms with E-state index in [0.717, 1.165) is 38.1 Å². The van der Waals surface area contributed by atoms with Crippen molar-refractivity contribution >= 4 is 52.0 Å². The van der Waals surface area contributed by atoms with Crippen molar-refractivity contribution in [3.8, 4) is 0 Å². The predicted molar refractivity (Wildman–Crippen MR) is 206 cm³/mol. The van der Waals surface area contributed by atoms with Gasteiger partial charge in [-0.15, -0.1) is 0 Å². The highest BCUT2D eigenvalue weighted by Crippen LogP contribution is 2.39. The van der Waals surface area contributed by atoms with E-state index in [9.17, 15) is 14.4 Å². The maximum absolute atomic E-state index is 14.3. The van der Waals surface area contributed by atoms with Crippen LogP contribution in [0.3, 0.4) is 0 Å². The van der Waals surface area contributed by atoms with Crippen LogP contribution in [0.4, 0.5) is 0 Å². The molecule has 2 aromatic carbocycles. The number of amides is 3. The van der Waals surface area contributed by atoms with Gasteiger partial charge in [-0.05, 0) is 66.9 Å². The fraction of sp³-hybridized carbons (Fsp3) is 0.405. The number of aromatic amines is 1. The monoisotopic (exact) mass is 748 g/mol. The number of H-pyrrole nitrogens is 1. The number of likely N-dealkylation sites (N-methyl/N-ethyl adjacent to an activating group) is 2. The Bertz CT molecular complexity index is 1870. The van der Waals surface area contributed by atoms with E-state index in [1.165, 1.54) is 16.7 Å². The highest BCUT2D eigenvalue weighted by atomic mass is 35.5. The Morgan fingerprint density at radius 1 is 1.06 bits per heavy atom. The second-order valence-electron chi connectivity index (χ2n) is 13.1. The number of pyridine rings is 1. The van der Waals surface area contributed by atoms with Crippen LogP contribution in [0.5, 0.6) is 0 Å². The molecule has 0 saturated heterocycles. The van der Waals surface area contributed by atoms with E-state index in [4.69, 9.17) is 28.8 Å². The minimum atomic E-state index is -1.07. The molecule has 2 aromatic heterocycles. The quantitative estimate of drug-likeness (QED) is 0.117. The van der Waals surface area contributed by atoms with E-state index in [-0.39, 0.29) is 43.4 Å². The molecule has 1 aliphatic rings. The summed E-state index contributed by atoms with van der Waals surface area (Å²) >= 11 is 8.43. The molecule has 5 rings (SSSR count). The van der Waals surface area contributed by atoms with Gasteiger partial charge in [-0.3, -0.25) is 14.4 Å². The smallest absolute Gasteiger partial charge is 0.246 e. The van der Waals surface area contributed by atoms with E-state index >= 15 is 0 Å². The maximum atomic E-state index is 14.3. The van der Waals surface area contributed by atoms with Gasteiger partial charge in [0.05, 0.1) is 17.2 Å². The van der Waals surface area contributed by atoms with Crippen LogP contribution in [0, 0.1) is 0 Å². The predicted octanol–water partition coefficient (Wildman–Crippen LogP) is 2.32. The van der Waals surface area contributed by atoms with Crippen LogP contribution < -0.4 is 38.5 Å². The standard InChI is InChI=1S/C37H49ClN10O3S/c1-21(33(41)42-2)23-14-25-20-46-35(50)31(16-24-19-44-28-10-5-4-9-26(24)28)48(3)37(51)30(17-40)47-34(49)29(11-6-12-39)45-18-22-8-7-13-43-36(22)52-32(25)27(38)15-23/h4-5,7-10,13-15,19,21,29-31,33,42,44-45H,6,11-12,16-18,20,39-41H2,1-3H3,(H,46,50)(H,47,49)/t21-,29+,30+,31+,33?/m1/s1. The van der Waals surface area contributed by atoms with Crippen molar-refractivity contribution in [1.82, 2.24) is 36.1 Å². The van der Waals surface area contributed by atoms with Gasteiger partial charge in [0.2, 0.25) is 17.7 Å². The first-order valence-electron chi connectivity index (χ1n) is 17.5.